The quantitative estimate of drug-likeness (QED) is 0.772. The molecule has 22 heavy (non-hydrogen) atoms. The Hall–Kier alpha value is -2.55. The van der Waals surface area contributed by atoms with Crippen molar-refractivity contribution < 1.29 is 4.79 Å². The lowest BCUT2D eigenvalue weighted by Gasteiger charge is -2.05. The number of thiazole rings is 1. The molecule has 3 rings (SSSR count). The van der Waals surface area contributed by atoms with Crippen LogP contribution in [0.15, 0.2) is 17.3 Å². The zero-order chi connectivity index (χ0) is 15.9. The van der Waals surface area contributed by atoms with Crippen molar-refractivity contribution in [1.29, 1.82) is 0 Å². The molecule has 0 spiro atoms. The van der Waals surface area contributed by atoms with Gasteiger partial charge in [0.15, 0.2) is 10.8 Å². The van der Waals surface area contributed by atoms with Crippen molar-refractivity contribution in [1.82, 2.24) is 24.3 Å². The SMILES string of the molecule is Cc1nc(NC(=O)Cn2cnc3c(cnn3C)c2=O)sc1C. The molecule has 0 saturated heterocycles. The molecule has 9 heteroatoms. The number of aromatic nitrogens is 5. The lowest BCUT2D eigenvalue weighted by atomic mass is 10.4. The van der Waals surface area contributed by atoms with E-state index in [1.807, 2.05) is 13.8 Å². The van der Waals surface area contributed by atoms with Crippen molar-refractivity contribution in [3.63, 3.8) is 0 Å². The minimum Gasteiger partial charge on any atom is -0.300 e. The zero-order valence-corrected chi connectivity index (χ0v) is 13.1. The largest absolute Gasteiger partial charge is 0.300 e. The van der Waals surface area contributed by atoms with Crippen LogP contribution in [-0.2, 0) is 18.4 Å². The van der Waals surface area contributed by atoms with Gasteiger partial charge in [0.25, 0.3) is 5.56 Å². The van der Waals surface area contributed by atoms with E-state index >= 15 is 0 Å². The van der Waals surface area contributed by atoms with E-state index in [4.69, 9.17) is 0 Å². The van der Waals surface area contributed by atoms with E-state index in [0.717, 1.165) is 10.6 Å². The van der Waals surface area contributed by atoms with Gasteiger partial charge in [-0.05, 0) is 13.8 Å². The number of amides is 1. The van der Waals surface area contributed by atoms with Gasteiger partial charge in [-0.15, -0.1) is 11.3 Å². The fraction of sp³-hybridized carbons (Fsp3) is 0.308. The predicted octanol–water partition coefficient (Wildman–Crippen LogP) is 0.842. The van der Waals surface area contributed by atoms with Crippen LogP contribution in [0, 0.1) is 13.8 Å². The van der Waals surface area contributed by atoms with Gasteiger partial charge in [-0.2, -0.15) is 5.10 Å². The molecule has 0 saturated carbocycles. The molecule has 0 aliphatic rings. The second-order valence-corrected chi connectivity index (χ2v) is 6.10. The first-order valence-corrected chi connectivity index (χ1v) is 7.38. The summed E-state index contributed by atoms with van der Waals surface area (Å²) in [5, 5.41) is 7.60. The summed E-state index contributed by atoms with van der Waals surface area (Å²) in [5.74, 6) is -0.319. The lowest BCUT2D eigenvalue weighted by molar-refractivity contribution is -0.116. The van der Waals surface area contributed by atoms with E-state index in [0.29, 0.717) is 16.2 Å². The van der Waals surface area contributed by atoms with Crippen LogP contribution >= 0.6 is 11.3 Å². The Balaban J connectivity index is 1.82. The number of nitrogens with one attached hydrogen (secondary N) is 1. The molecular weight excluding hydrogens is 304 g/mol. The van der Waals surface area contributed by atoms with Crippen LogP contribution in [0.4, 0.5) is 5.13 Å². The van der Waals surface area contributed by atoms with Crippen molar-refractivity contribution in [3.8, 4) is 0 Å². The number of aryl methyl sites for hydroxylation is 3. The summed E-state index contributed by atoms with van der Waals surface area (Å²) in [7, 11) is 1.71. The van der Waals surface area contributed by atoms with E-state index in [1.165, 1.54) is 33.1 Å². The molecule has 3 aromatic rings. The molecule has 0 fully saturated rings. The Bertz CT molecular complexity index is 903. The molecule has 0 aromatic carbocycles. The number of anilines is 1. The van der Waals surface area contributed by atoms with Gasteiger partial charge in [0.1, 0.15) is 18.3 Å². The van der Waals surface area contributed by atoms with Crippen LogP contribution in [0.25, 0.3) is 11.0 Å². The molecule has 0 aliphatic heterocycles. The summed E-state index contributed by atoms with van der Waals surface area (Å²) in [6.07, 6.45) is 2.80. The molecule has 0 aliphatic carbocycles. The number of fused-ring (bicyclic) bond motifs is 1. The van der Waals surface area contributed by atoms with Crippen LogP contribution < -0.4 is 10.9 Å². The Kier molecular flexibility index (Phi) is 3.49. The maximum atomic E-state index is 12.3. The zero-order valence-electron chi connectivity index (χ0n) is 12.3. The lowest BCUT2D eigenvalue weighted by Crippen LogP contribution is -2.27. The van der Waals surface area contributed by atoms with E-state index in [1.54, 1.807) is 7.05 Å². The Morgan fingerprint density at radius 1 is 1.41 bits per heavy atom. The monoisotopic (exact) mass is 318 g/mol. The number of rotatable bonds is 3. The van der Waals surface area contributed by atoms with Crippen LogP contribution in [0.3, 0.4) is 0 Å². The molecular formula is C13H14N6O2S. The third-order valence-corrected chi connectivity index (χ3v) is 4.30. The molecule has 8 nitrogen and oxygen atoms in total. The van der Waals surface area contributed by atoms with Gasteiger partial charge in [0, 0.05) is 11.9 Å². The first-order valence-electron chi connectivity index (χ1n) is 6.56. The predicted molar refractivity (Wildman–Crippen MR) is 83.0 cm³/mol. The topological polar surface area (TPSA) is 94.7 Å². The number of nitrogens with zero attached hydrogens (tertiary/aromatic N) is 5. The first kappa shape index (κ1) is 14.4. The van der Waals surface area contributed by atoms with Crippen LogP contribution in [0.1, 0.15) is 10.6 Å². The van der Waals surface area contributed by atoms with Crippen molar-refractivity contribution in [2.75, 3.05) is 5.32 Å². The molecule has 3 heterocycles. The van der Waals surface area contributed by atoms with Gasteiger partial charge >= 0.3 is 0 Å². The molecule has 1 N–H and O–H groups in total. The van der Waals surface area contributed by atoms with Gasteiger partial charge in [0.05, 0.1) is 11.9 Å². The Morgan fingerprint density at radius 2 is 2.18 bits per heavy atom. The second kappa shape index (κ2) is 5.34. The normalized spacial score (nSPS) is 11.0. The Labute approximate surface area is 129 Å². The summed E-state index contributed by atoms with van der Waals surface area (Å²) >= 11 is 1.40. The minimum atomic E-state index is -0.319. The molecule has 0 atom stereocenters. The fourth-order valence-electron chi connectivity index (χ4n) is 2.02. The molecule has 114 valence electrons. The van der Waals surface area contributed by atoms with Crippen LogP contribution in [0.2, 0.25) is 0 Å². The summed E-state index contributed by atoms with van der Waals surface area (Å²) < 4.78 is 2.77. The molecule has 3 aromatic heterocycles. The minimum absolute atomic E-state index is 0.117. The summed E-state index contributed by atoms with van der Waals surface area (Å²) in [6, 6.07) is 0. The van der Waals surface area contributed by atoms with Crippen LogP contribution in [0.5, 0.6) is 0 Å². The average Bonchev–Trinajstić information content (AvgIpc) is 2.97. The van der Waals surface area contributed by atoms with Crippen molar-refractivity contribution in [2.24, 2.45) is 7.05 Å². The molecule has 0 bridgehead atoms. The number of hydrogen-bond donors (Lipinski definition) is 1. The maximum Gasteiger partial charge on any atom is 0.264 e. The smallest absolute Gasteiger partial charge is 0.264 e. The summed E-state index contributed by atoms with van der Waals surface area (Å²) in [6.45, 7) is 3.70. The highest BCUT2D eigenvalue weighted by Crippen LogP contribution is 2.20. The van der Waals surface area contributed by atoms with E-state index in [-0.39, 0.29) is 18.0 Å². The van der Waals surface area contributed by atoms with Crippen molar-refractivity contribution in [3.05, 3.63) is 33.4 Å². The molecule has 0 unspecified atom stereocenters. The number of carbonyl (C=O) groups is 1. The van der Waals surface area contributed by atoms with Gasteiger partial charge in [-0.3, -0.25) is 18.8 Å². The molecule has 1 amide bonds. The second-order valence-electron chi connectivity index (χ2n) is 4.89. The van der Waals surface area contributed by atoms with Gasteiger partial charge in [-0.25, -0.2) is 9.97 Å². The highest BCUT2D eigenvalue weighted by atomic mass is 32.1. The average molecular weight is 318 g/mol. The van der Waals surface area contributed by atoms with Gasteiger partial charge in [-0.1, -0.05) is 0 Å². The van der Waals surface area contributed by atoms with Gasteiger partial charge < -0.3 is 5.32 Å². The highest BCUT2D eigenvalue weighted by molar-refractivity contribution is 7.15. The third kappa shape index (κ3) is 2.50. The fourth-order valence-corrected chi connectivity index (χ4v) is 2.85. The van der Waals surface area contributed by atoms with E-state index in [9.17, 15) is 9.59 Å². The van der Waals surface area contributed by atoms with Crippen LogP contribution in [-0.4, -0.2) is 30.2 Å². The van der Waals surface area contributed by atoms with Crippen molar-refractivity contribution >= 4 is 33.4 Å². The summed E-state index contributed by atoms with van der Waals surface area (Å²) in [4.78, 5) is 33.7. The molecule has 0 radical (unpaired) electrons. The number of hydrogen-bond acceptors (Lipinski definition) is 6. The third-order valence-electron chi connectivity index (χ3n) is 3.31. The van der Waals surface area contributed by atoms with E-state index < -0.39 is 0 Å². The summed E-state index contributed by atoms with van der Waals surface area (Å²) in [5.41, 5.74) is 1.09. The standard InChI is InChI=1S/C13H14N6O2S/c1-7-8(2)22-13(16-7)17-10(20)5-19-6-14-11-9(12(19)21)4-15-18(11)3/h4,6H,5H2,1-3H3,(H,16,17,20). The highest BCUT2D eigenvalue weighted by Gasteiger charge is 2.12. The van der Waals surface area contributed by atoms with E-state index in [2.05, 4.69) is 20.4 Å². The van der Waals surface area contributed by atoms with Crippen molar-refractivity contribution in [2.45, 2.75) is 20.4 Å². The first-order chi connectivity index (χ1) is 10.5. The Morgan fingerprint density at radius 3 is 2.86 bits per heavy atom. The number of carbonyl (C=O) groups excluding carboxylic acids is 1. The maximum absolute atomic E-state index is 12.3. The van der Waals surface area contributed by atoms with Gasteiger partial charge in [0.2, 0.25) is 5.91 Å².